The molecule has 19 heavy (non-hydrogen) atoms. The maximum absolute atomic E-state index is 10.6. The van der Waals surface area contributed by atoms with Crippen LogP contribution in [-0.2, 0) is 4.79 Å². The van der Waals surface area contributed by atoms with Crippen molar-refractivity contribution in [2.45, 2.75) is 20.3 Å². The summed E-state index contributed by atoms with van der Waals surface area (Å²) in [6.07, 6.45) is 0.899. The van der Waals surface area contributed by atoms with Crippen LogP contribution < -0.4 is 15.8 Å². The number of ether oxygens (including phenoxy) is 1. The lowest BCUT2D eigenvalue weighted by atomic mass is 9.88. The number of nitrogens with two attached hydrogens (primary N) is 1. The zero-order valence-electron chi connectivity index (χ0n) is 11.5. The van der Waals surface area contributed by atoms with Crippen molar-refractivity contribution in [3.05, 3.63) is 24.3 Å². The number of rotatable bonds is 8. The molecule has 1 aromatic rings. The van der Waals surface area contributed by atoms with Crippen LogP contribution >= 0.6 is 0 Å². The molecule has 0 saturated heterocycles. The third-order valence-electron chi connectivity index (χ3n) is 3.19. The van der Waals surface area contributed by atoms with Gasteiger partial charge >= 0.3 is 0 Å². The van der Waals surface area contributed by atoms with Crippen LogP contribution in [0.1, 0.15) is 20.3 Å². The minimum Gasteiger partial charge on any atom is -0.484 e. The first-order chi connectivity index (χ1) is 8.99. The molecule has 1 rings (SSSR count). The Balaban J connectivity index is 2.50. The summed E-state index contributed by atoms with van der Waals surface area (Å²) in [5, 5.41) is 12.6. The van der Waals surface area contributed by atoms with E-state index in [-0.39, 0.29) is 18.6 Å². The van der Waals surface area contributed by atoms with Gasteiger partial charge in [0, 0.05) is 17.6 Å². The van der Waals surface area contributed by atoms with Crippen molar-refractivity contribution in [1.82, 2.24) is 0 Å². The predicted molar refractivity (Wildman–Crippen MR) is 75.1 cm³/mol. The second-order valence-electron chi connectivity index (χ2n) is 4.96. The van der Waals surface area contributed by atoms with E-state index in [4.69, 9.17) is 10.5 Å². The maximum Gasteiger partial charge on any atom is 0.255 e. The number of primary amides is 1. The molecule has 0 aromatic heterocycles. The van der Waals surface area contributed by atoms with Gasteiger partial charge in [0.05, 0.1) is 6.61 Å². The zero-order chi connectivity index (χ0) is 14.3. The average Bonchev–Trinajstić information content (AvgIpc) is 2.43. The third-order valence-corrected chi connectivity index (χ3v) is 3.19. The molecule has 1 amide bonds. The summed E-state index contributed by atoms with van der Waals surface area (Å²) in [7, 11) is 0. The number of hydrogen-bond donors (Lipinski definition) is 3. The monoisotopic (exact) mass is 266 g/mol. The minimum atomic E-state index is -0.496. The van der Waals surface area contributed by atoms with Crippen LogP contribution in [0.15, 0.2) is 24.3 Å². The maximum atomic E-state index is 10.6. The van der Waals surface area contributed by atoms with Crippen LogP contribution in [0.2, 0.25) is 0 Å². The molecule has 0 spiro atoms. The number of amides is 1. The molecular weight excluding hydrogens is 244 g/mol. The van der Waals surface area contributed by atoms with Gasteiger partial charge in [-0.2, -0.15) is 0 Å². The van der Waals surface area contributed by atoms with E-state index in [2.05, 4.69) is 12.2 Å². The fraction of sp³-hybridized carbons (Fsp3) is 0.500. The first kappa shape index (κ1) is 15.3. The fourth-order valence-corrected chi connectivity index (χ4v) is 1.43. The fourth-order valence-electron chi connectivity index (χ4n) is 1.43. The van der Waals surface area contributed by atoms with Gasteiger partial charge in [0.25, 0.3) is 5.91 Å². The Kier molecular flexibility index (Phi) is 5.63. The minimum absolute atomic E-state index is 0.120. The smallest absolute Gasteiger partial charge is 0.255 e. The van der Waals surface area contributed by atoms with Gasteiger partial charge in [0.15, 0.2) is 6.61 Å². The number of nitrogens with one attached hydrogen (secondary N) is 1. The summed E-state index contributed by atoms with van der Waals surface area (Å²) in [6, 6.07) is 7.27. The number of benzene rings is 1. The van der Waals surface area contributed by atoms with Crippen LogP contribution in [0.5, 0.6) is 5.75 Å². The van der Waals surface area contributed by atoms with Crippen molar-refractivity contribution in [2.24, 2.45) is 11.1 Å². The van der Waals surface area contributed by atoms with Gasteiger partial charge in [-0.05, 0) is 30.7 Å². The van der Waals surface area contributed by atoms with Crippen molar-refractivity contribution in [3.63, 3.8) is 0 Å². The van der Waals surface area contributed by atoms with Crippen LogP contribution in [0, 0.1) is 5.41 Å². The molecule has 0 fully saturated rings. The standard InChI is InChI=1S/C14H22N2O3/c1-3-14(2,10-17)9-16-11-4-6-12(7-5-11)19-8-13(15)18/h4-7,16-17H,3,8-10H2,1-2H3,(H2,15,18). The number of aliphatic hydroxyl groups is 1. The van der Waals surface area contributed by atoms with Crippen LogP contribution in [0.3, 0.4) is 0 Å². The lowest BCUT2D eigenvalue weighted by Gasteiger charge is -2.26. The molecule has 0 heterocycles. The van der Waals surface area contributed by atoms with E-state index < -0.39 is 5.91 Å². The largest absolute Gasteiger partial charge is 0.484 e. The quantitative estimate of drug-likeness (QED) is 0.663. The number of hydrogen-bond acceptors (Lipinski definition) is 4. The summed E-state index contributed by atoms with van der Waals surface area (Å²) in [5.74, 6) is 0.105. The second-order valence-corrected chi connectivity index (χ2v) is 4.96. The molecule has 0 saturated carbocycles. The Morgan fingerprint density at radius 2 is 2.05 bits per heavy atom. The van der Waals surface area contributed by atoms with Gasteiger partial charge in [-0.15, -0.1) is 0 Å². The first-order valence-corrected chi connectivity index (χ1v) is 6.35. The molecule has 0 aliphatic carbocycles. The molecule has 1 aromatic carbocycles. The van der Waals surface area contributed by atoms with Gasteiger partial charge in [0.1, 0.15) is 5.75 Å². The van der Waals surface area contributed by atoms with E-state index >= 15 is 0 Å². The summed E-state index contributed by atoms with van der Waals surface area (Å²) in [4.78, 5) is 10.6. The highest BCUT2D eigenvalue weighted by molar-refractivity contribution is 5.75. The van der Waals surface area contributed by atoms with E-state index in [1.807, 2.05) is 19.1 Å². The summed E-state index contributed by atoms with van der Waals surface area (Å²) in [6.45, 7) is 4.81. The second kappa shape index (κ2) is 6.99. The van der Waals surface area contributed by atoms with Crippen LogP contribution in [-0.4, -0.2) is 30.8 Å². The number of carbonyl (C=O) groups is 1. The SMILES string of the molecule is CCC(C)(CO)CNc1ccc(OCC(N)=O)cc1. The third kappa shape index (κ3) is 5.18. The Labute approximate surface area is 113 Å². The average molecular weight is 266 g/mol. The highest BCUT2D eigenvalue weighted by atomic mass is 16.5. The molecule has 1 unspecified atom stereocenters. The topological polar surface area (TPSA) is 84.6 Å². The summed E-state index contributed by atoms with van der Waals surface area (Å²) < 4.78 is 5.17. The lowest BCUT2D eigenvalue weighted by molar-refractivity contribution is -0.119. The van der Waals surface area contributed by atoms with Gasteiger partial charge in [-0.3, -0.25) is 4.79 Å². The van der Waals surface area contributed by atoms with Gasteiger partial charge in [0.2, 0.25) is 0 Å². The van der Waals surface area contributed by atoms with E-state index in [1.165, 1.54) is 0 Å². The van der Waals surface area contributed by atoms with Crippen LogP contribution in [0.4, 0.5) is 5.69 Å². The van der Waals surface area contributed by atoms with Crippen molar-refractivity contribution in [3.8, 4) is 5.75 Å². The van der Waals surface area contributed by atoms with Gasteiger partial charge < -0.3 is 20.9 Å². The van der Waals surface area contributed by atoms with Crippen molar-refractivity contribution in [2.75, 3.05) is 25.1 Å². The van der Waals surface area contributed by atoms with E-state index in [9.17, 15) is 9.90 Å². The molecule has 4 N–H and O–H groups in total. The highest BCUT2D eigenvalue weighted by Crippen LogP contribution is 2.22. The molecule has 0 aliphatic rings. The van der Waals surface area contributed by atoms with Gasteiger partial charge in [-0.1, -0.05) is 13.8 Å². The number of anilines is 1. The van der Waals surface area contributed by atoms with E-state index in [0.29, 0.717) is 12.3 Å². The first-order valence-electron chi connectivity index (χ1n) is 6.35. The normalized spacial score (nSPS) is 13.6. The van der Waals surface area contributed by atoms with Crippen molar-refractivity contribution < 1.29 is 14.6 Å². The lowest BCUT2D eigenvalue weighted by Crippen LogP contribution is -2.29. The molecule has 0 aliphatic heterocycles. The Bertz CT molecular complexity index is 400. The molecular formula is C14H22N2O3. The van der Waals surface area contributed by atoms with Crippen LogP contribution in [0.25, 0.3) is 0 Å². The molecule has 0 bridgehead atoms. The van der Waals surface area contributed by atoms with E-state index in [0.717, 1.165) is 12.1 Å². The summed E-state index contributed by atoms with van der Waals surface area (Å²) >= 11 is 0. The summed E-state index contributed by atoms with van der Waals surface area (Å²) in [5.41, 5.74) is 5.82. The highest BCUT2D eigenvalue weighted by Gasteiger charge is 2.20. The van der Waals surface area contributed by atoms with Crippen molar-refractivity contribution in [1.29, 1.82) is 0 Å². The molecule has 106 valence electrons. The predicted octanol–water partition coefficient (Wildman–Crippen LogP) is 1.37. The number of aliphatic hydroxyl groups excluding tert-OH is 1. The van der Waals surface area contributed by atoms with Gasteiger partial charge in [-0.25, -0.2) is 0 Å². The molecule has 1 atom stereocenters. The Hall–Kier alpha value is -1.75. The Morgan fingerprint density at radius 1 is 1.42 bits per heavy atom. The molecule has 5 nitrogen and oxygen atoms in total. The molecule has 0 radical (unpaired) electrons. The zero-order valence-corrected chi connectivity index (χ0v) is 11.5. The number of carbonyl (C=O) groups excluding carboxylic acids is 1. The van der Waals surface area contributed by atoms with E-state index in [1.54, 1.807) is 12.1 Å². The Morgan fingerprint density at radius 3 is 2.53 bits per heavy atom. The van der Waals surface area contributed by atoms with Crippen molar-refractivity contribution >= 4 is 11.6 Å². The molecule has 5 heteroatoms.